The van der Waals surface area contributed by atoms with E-state index in [-0.39, 0.29) is 12.5 Å². The van der Waals surface area contributed by atoms with Gasteiger partial charge in [-0.15, -0.1) is 0 Å². The van der Waals surface area contributed by atoms with E-state index in [0.717, 1.165) is 0 Å². The third-order valence-electron chi connectivity index (χ3n) is 5.65. The van der Waals surface area contributed by atoms with Crippen LogP contribution in [0.15, 0.2) is 72.8 Å². The average molecular weight is 464 g/mol. The molecule has 170 valence electrons. The molecule has 1 atom stereocenters. The second kappa shape index (κ2) is 9.35. The van der Waals surface area contributed by atoms with Gasteiger partial charge in [0, 0.05) is 18.7 Å². The standard InChI is InChI=1S/C26H26ClN3O3/c1-3-30-22-15-18(24(32)28-16-17(2)31)14-21(27)23(22)29-25(30)26(33,19-10-6-4-7-11-19)20-12-8-5-9-13-20/h4-15,17,31,33H,3,16H2,1-2H3,(H,28,32)/t17-/m1/s1. The number of amides is 1. The van der Waals surface area contributed by atoms with Crippen molar-refractivity contribution in [2.75, 3.05) is 6.54 Å². The number of hydrogen-bond donors (Lipinski definition) is 3. The molecular formula is C26H26ClN3O3. The number of imidazole rings is 1. The summed E-state index contributed by atoms with van der Waals surface area (Å²) in [5, 5.41) is 24.7. The van der Waals surface area contributed by atoms with Gasteiger partial charge in [-0.05, 0) is 37.1 Å². The molecule has 0 bridgehead atoms. The summed E-state index contributed by atoms with van der Waals surface area (Å²) < 4.78 is 1.88. The number of rotatable bonds is 7. The maximum absolute atomic E-state index is 12.6. The first-order chi connectivity index (χ1) is 15.9. The van der Waals surface area contributed by atoms with E-state index in [0.29, 0.717) is 45.1 Å². The van der Waals surface area contributed by atoms with Gasteiger partial charge in [0.05, 0.1) is 16.6 Å². The molecule has 0 radical (unpaired) electrons. The zero-order valence-corrected chi connectivity index (χ0v) is 19.3. The van der Waals surface area contributed by atoms with Crippen molar-refractivity contribution in [3.8, 4) is 0 Å². The van der Waals surface area contributed by atoms with Crippen molar-refractivity contribution in [1.29, 1.82) is 0 Å². The molecule has 4 rings (SSSR count). The Morgan fingerprint density at radius 1 is 1.09 bits per heavy atom. The maximum Gasteiger partial charge on any atom is 0.251 e. The van der Waals surface area contributed by atoms with Gasteiger partial charge in [-0.1, -0.05) is 72.3 Å². The highest BCUT2D eigenvalue weighted by Crippen LogP contribution is 2.39. The summed E-state index contributed by atoms with van der Waals surface area (Å²) in [6.45, 7) is 4.19. The predicted molar refractivity (Wildman–Crippen MR) is 129 cm³/mol. The van der Waals surface area contributed by atoms with E-state index in [4.69, 9.17) is 16.6 Å². The molecule has 0 fully saturated rings. The summed E-state index contributed by atoms with van der Waals surface area (Å²) >= 11 is 6.57. The Bertz CT molecular complexity index is 1230. The summed E-state index contributed by atoms with van der Waals surface area (Å²) in [7, 11) is 0. The number of nitrogens with one attached hydrogen (secondary N) is 1. The first kappa shape index (κ1) is 23.0. The third kappa shape index (κ3) is 4.25. The van der Waals surface area contributed by atoms with Gasteiger partial charge in [-0.25, -0.2) is 4.98 Å². The molecule has 0 aliphatic carbocycles. The number of halogens is 1. The Morgan fingerprint density at radius 2 is 1.67 bits per heavy atom. The number of aromatic nitrogens is 2. The molecule has 0 unspecified atom stereocenters. The second-order valence-corrected chi connectivity index (χ2v) is 8.41. The van der Waals surface area contributed by atoms with E-state index < -0.39 is 11.7 Å². The van der Waals surface area contributed by atoms with Crippen LogP contribution >= 0.6 is 11.6 Å². The van der Waals surface area contributed by atoms with Crippen LogP contribution in [0, 0.1) is 0 Å². The molecule has 1 aromatic heterocycles. The van der Waals surface area contributed by atoms with Gasteiger partial charge in [0.1, 0.15) is 5.52 Å². The van der Waals surface area contributed by atoms with Gasteiger partial charge in [0.15, 0.2) is 11.4 Å². The van der Waals surface area contributed by atoms with E-state index in [1.54, 1.807) is 19.1 Å². The first-order valence-electron chi connectivity index (χ1n) is 10.9. The van der Waals surface area contributed by atoms with Crippen LogP contribution in [0.25, 0.3) is 11.0 Å². The molecule has 1 heterocycles. The number of carbonyl (C=O) groups is 1. The Balaban J connectivity index is 1.94. The molecule has 4 aromatic rings. The molecular weight excluding hydrogens is 438 g/mol. The average Bonchev–Trinajstić information content (AvgIpc) is 3.22. The number of benzene rings is 3. The monoisotopic (exact) mass is 463 g/mol. The Hall–Kier alpha value is -3.19. The summed E-state index contributed by atoms with van der Waals surface area (Å²) in [5.41, 5.74) is 1.32. The molecule has 0 spiro atoms. The van der Waals surface area contributed by atoms with Gasteiger partial charge < -0.3 is 20.1 Å². The van der Waals surface area contributed by atoms with Gasteiger partial charge in [0.25, 0.3) is 5.91 Å². The number of carbonyl (C=O) groups excluding carboxylic acids is 1. The zero-order valence-electron chi connectivity index (χ0n) is 18.5. The highest BCUT2D eigenvalue weighted by Gasteiger charge is 2.39. The first-order valence-corrected chi connectivity index (χ1v) is 11.2. The lowest BCUT2D eigenvalue weighted by atomic mass is 9.85. The lowest BCUT2D eigenvalue weighted by Gasteiger charge is -2.29. The molecule has 33 heavy (non-hydrogen) atoms. The van der Waals surface area contributed by atoms with Gasteiger partial charge >= 0.3 is 0 Å². The minimum absolute atomic E-state index is 0.133. The molecule has 3 aromatic carbocycles. The molecule has 0 saturated carbocycles. The number of aliphatic hydroxyl groups excluding tert-OH is 1. The number of fused-ring (bicyclic) bond motifs is 1. The normalized spacial score (nSPS) is 12.6. The van der Waals surface area contributed by atoms with E-state index >= 15 is 0 Å². The van der Waals surface area contributed by atoms with Crippen molar-refractivity contribution in [2.45, 2.75) is 32.1 Å². The second-order valence-electron chi connectivity index (χ2n) is 8.01. The van der Waals surface area contributed by atoms with E-state index in [2.05, 4.69) is 5.32 Å². The number of hydrogen-bond acceptors (Lipinski definition) is 4. The van der Waals surface area contributed by atoms with Crippen LogP contribution in [0.4, 0.5) is 0 Å². The Labute approximate surface area is 197 Å². The van der Waals surface area contributed by atoms with E-state index in [9.17, 15) is 15.0 Å². The van der Waals surface area contributed by atoms with Crippen molar-refractivity contribution in [3.63, 3.8) is 0 Å². The van der Waals surface area contributed by atoms with Crippen molar-refractivity contribution in [2.24, 2.45) is 0 Å². The highest BCUT2D eigenvalue weighted by atomic mass is 35.5. The smallest absolute Gasteiger partial charge is 0.251 e. The zero-order chi connectivity index (χ0) is 23.6. The van der Waals surface area contributed by atoms with Crippen molar-refractivity contribution >= 4 is 28.5 Å². The largest absolute Gasteiger partial charge is 0.392 e. The van der Waals surface area contributed by atoms with E-state index in [1.807, 2.05) is 72.2 Å². The molecule has 1 amide bonds. The Kier molecular flexibility index (Phi) is 6.51. The van der Waals surface area contributed by atoms with Gasteiger partial charge in [-0.2, -0.15) is 0 Å². The van der Waals surface area contributed by atoms with Crippen LogP contribution in [0.5, 0.6) is 0 Å². The van der Waals surface area contributed by atoms with Crippen LogP contribution in [0.2, 0.25) is 5.02 Å². The summed E-state index contributed by atoms with van der Waals surface area (Å²) in [6, 6.07) is 22.0. The molecule has 0 saturated heterocycles. The summed E-state index contributed by atoms with van der Waals surface area (Å²) in [5.74, 6) is 0.0762. The highest BCUT2D eigenvalue weighted by molar-refractivity contribution is 6.35. The van der Waals surface area contributed by atoms with Crippen LogP contribution in [-0.4, -0.2) is 38.3 Å². The van der Waals surface area contributed by atoms with Crippen LogP contribution < -0.4 is 5.32 Å². The quantitative estimate of drug-likeness (QED) is 0.385. The topological polar surface area (TPSA) is 87.4 Å². The molecule has 6 nitrogen and oxygen atoms in total. The molecule has 0 aliphatic rings. The minimum Gasteiger partial charge on any atom is -0.392 e. The fraction of sp³-hybridized carbons (Fsp3) is 0.231. The fourth-order valence-electron chi connectivity index (χ4n) is 4.03. The van der Waals surface area contributed by atoms with Crippen LogP contribution in [0.1, 0.15) is 41.2 Å². The SMILES string of the molecule is CCn1c(C(O)(c2ccccc2)c2ccccc2)nc2c(Cl)cc(C(=O)NC[C@@H](C)O)cc21. The lowest BCUT2D eigenvalue weighted by Crippen LogP contribution is -2.32. The molecule has 7 heteroatoms. The Morgan fingerprint density at radius 3 is 2.18 bits per heavy atom. The maximum atomic E-state index is 12.6. The number of nitrogens with zero attached hydrogens (tertiary/aromatic N) is 2. The van der Waals surface area contributed by atoms with Crippen LogP contribution in [0.3, 0.4) is 0 Å². The van der Waals surface area contributed by atoms with E-state index in [1.165, 1.54) is 0 Å². The van der Waals surface area contributed by atoms with Crippen LogP contribution in [-0.2, 0) is 12.1 Å². The van der Waals surface area contributed by atoms with Gasteiger partial charge in [-0.3, -0.25) is 4.79 Å². The predicted octanol–water partition coefficient (Wildman–Crippen LogP) is 4.10. The third-order valence-corrected chi connectivity index (χ3v) is 5.94. The summed E-state index contributed by atoms with van der Waals surface area (Å²) in [4.78, 5) is 17.4. The van der Waals surface area contributed by atoms with Crippen molar-refractivity contribution in [1.82, 2.24) is 14.9 Å². The molecule has 3 N–H and O–H groups in total. The van der Waals surface area contributed by atoms with Gasteiger partial charge in [0.2, 0.25) is 0 Å². The lowest BCUT2D eigenvalue weighted by molar-refractivity contribution is 0.0924. The fourth-order valence-corrected chi connectivity index (χ4v) is 4.29. The number of aryl methyl sites for hydroxylation is 1. The molecule has 0 aliphatic heterocycles. The summed E-state index contributed by atoms with van der Waals surface area (Å²) in [6.07, 6.45) is -0.660. The van der Waals surface area contributed by atoms with Crippen molar-refractivity contribution < 1.29 is 15.0 Å². The van der Waals surface area contributed by atoms with Crippen molar-refractivity contribution in [3.05, 3.63) is 100 Å². The minimum atomic E-state index is -1.53. The number of aliphatic hydroxyl groups is 2.